The largest absolute Gasteiger partial charge is 0.339 e. The van der Waals surface area contributed by atoms with Gasteiger partial charge in [0.1, 0.15) is 5.41 Å². The van der Waals surface area contributed by atoms with E-state index >= 15 is 0 Å². The lowest BCUT2D eigenvalue weighted by atomic mass is 9.69. The smallest absolute Gasteiger partial charge is 0.243 e. The van der Waals surface area contributed by atoms with Crippen LogP contribution in [-0.2, 0) is 4.79 Å². The third-order valence-electron chi connectivity index (χ3n) is 3.54. The van der Waals surface area contributed by atoms with Gasteiger partial charge in [0.2, 0.25) is 5.91 Å². The van der Waals surface area contributed by atoms with E-state index in [1.54, 1.807) is 0 Å². The van der Waals surface area contributed by atoms with Crippen LogP contribution >= 0.6 is 11.8 Å². The summed E-state index contributed by atoms with van der Waals surface area (Å²) in [6, 6.07) is 2.24. The first-order valence-corrected chi connectivity index (χ1v) is 6.88. The highest BCUT2D eigenvalue weighted by molar-refractivity contribution is 8.00. The predicted molar refractivity (Wildman–Crippen MR) is 65.0 cm³/mol. The van der Waals surface area contributed by atoms with Gasteiger partial charge in [-0.3, -0.25) is 4.79 Å². The predicted octanol–water partition coefficient (Wildman–Crippen LogP) is 2.03. The van der Waals surface area contributed by atoms with Crippen molar-refractivity contribution in [3.05, 3.63) is 0 Å². The number of hydrogen-bond acceptors (Lipinski definition) is 3. The van der Waals surface area contributed by atoms with Gasteiger partial charge in [-0.05, 0) is 19.3 Å². The summed E-state index contributed by atoms with van der Waals surface area (Å²) in [7, 11) is 0. The van der Waals surface area contributed by atoms with Gasteiger partial charge in [0, 0.05) is 23.6 Å². The van der Waals surface area contributed by atoms with E-state index in [2.05, 4.69) is 19.9 Å². The molecule has 2 aliphatic rings. The number of hydrogen-bond donors (Lipinski definition) is 0. The molecule has 0 N–H and O–H groups in total. The third-order valence-corrected chi connectivity index (χ3v) is 4.76. The van der Waals surface area contributed by atoms with Crippen LogP contribution < -0.4 is 0 Å². The standard InChI is InChI=1S/C12H18N2OS/c1-9-6-14(7-10(2)16-9)11(15)12(8-13)4-3-5-12/h9-10H,3-7H2,1-2H3. The van der Waals surface area contributed by atoms with Crippen molar-refractivity contribution in [1.82, 2.24) is 4.90 Å². The number of carbonyl (C=O) groups is 1. The topological polar surface area (TPSA) is 44.1 Å². The third kappa shape index (κ3) is 1.93. The van der Waals surface area contributed by atoms with Gasteiger partial charge in [0.05, 0.1) is 6.07 Å². The minimum absolute atomic E-state index is 0.0836. The van der Waals surface area contributed by atoms with E-state index in [9.17, 15) is 4.79 Å². The summed E-state index contributed by atoms with van der Waals surface area (Å²) in [5, 5.41) is 10.1. The van der Waals surface area contributed by atoms with Crippen molar-refractivity contribution in [2.24, 2.45) is 5.41 Å². The lowest BCUT2D eigenvalue weighted by Crippen LogP contribution is -2.52. The van der Waals surface area contributed by atoms with E-state index in [0.29, 0.717) is 10.5 Å². The van der Waals surface area contributed by atoms with Crippen molar-refractivity contribution in [2.75, 3.05) is 13.1 Å². The highest BCUT2D eigenvalue weighted by Crippen LogP contribution is 2.42. The maximum atomic E-state index is 12.3. The van der Waals surface area contributed by atoms with E-state index in [0.717, 1.165) is 32.4 Å². The van der Waals surface area contributed by atoms with E-state index in [1.165, 1.54) is 0 Å². The molecule has 88 valence electrons. The maximum absolute atomic E-state index is 12.3. The fourth-order valence-corrected chi connectivity index (χ4v) is 3.88. The van der Waals surface area contributed by atoms with Gasteiger partial charge in [0.25, 0.3) is 0 Å². The fraction of sp³-hybridized carbons (Fsp3) is 0.833. The van der Waals surface area contributed by atoms with Gasteiger partial charge in [-0.15, -0.1) is 0 Å². The molecule has 1 saturated heterocycles. The van der Waals surface area contributed by atoms with Crippen LogP contribution in [0.1, 0.15) is 33.1 Å². The van der Waals surface area contributed by atoms with E-state index in [4.69, 9.17) is 5.26 Å². The minimum Gasteiger partial charge on any atom is -0.339 e. The summed E-state index contributed by atoms with van der Waals surface area (Å²) >= 11 is 1.93. The number of carbonyl (C=O) groups excluding carboxylic acids is 1. The second-order valence-electron chi connectivity index (χ2n) is 5.01. The minimum atomic E-state index is -0.665. The molecule has 0 aromatic rings. The van der Waals surface area contributed by atoms with Gasteiger partial charge in [-0.1, -0.05) is 13.8 Å². The zero-order valence-corrected chi connectivity index (χ0v) is 10.7. The van der Waals surface area contributed by atoms with Crippen LogP contribution in [0.2, 0.25) is 0 Å². The first-order chi connectivity index (χ1) is 7.57. The number of thioether (sulfide) groups is 1. The second kappa shape index (κ2) is 4.29. The first-order valence-electron chi connectivity index (χ1n) is 5.93. The number of rotatable bonds is 1. The van der Waals surface area contributed by atoms with Crippen molar-refractivity contribution < 1.29 is 4.79 Å². The molecular weight excluding hydrogens is 220 g/mol. The molecule has 2 rings (SSSR count). The Morgan fingerprint density at radius 2 is 1.94 bits per heavy atom. The average molecular weight is 238 g/mol. The molecule has 16 heavy (non-hydrogen) atoms. The van der Waals surface area contributed by atoms with Crippen molar-refractivity contribution in [3.8, 4) is 6.07 Å². The molecule has 0 bridgehead atoms. The van der Waals surface area contributed by atoms with Crippen molar-refractivity contribution in [1.29, 1.82) is 5.26 Å². The summed E-state index contributed by atoms with van der Waals surface area (Å²) in [6.07, 6.45) is 2.54. The molecule has 4 heteroatoms. The van der Waals surface area contributed by atoms with Gasteiger partial charge < -0.3 is 4.90 Å². The van der Waals surface area contributed by atoms with Crippen LogP contribution in [0.3, 0.4) is 0 Å². The van der Waals surface area contributed by atoms with Crippen LogP contribution in [0.4, 0.5) is 0 Å². The van der Waals surface area contributed by atoms with Gasteiger partial charge >= 0.3 is 0 Å². The molecule has 0 aromatic heterocycles. The van der Waals surface area contributed by atoms with E-state index in [1.807, 2.05) is 16.7 Å². The number of amides is 1. The van der Waals surface area contributed by atoms with Gasteiger partial charge in [-0.2, -0.15) is 17.0 Å². The molecule has 2 unspecified atom stereocenters. The van der Waals surface area contributed by atoms with E-state index in [-0.39, 0.29) is 5.91 Å². The first kappa shape index (κ1) is 11.8. The molecule has 1 heterocycles. The molecule has 2 atom stereocenters. The lowest BCUT2D eigenvalue weighted by molar-refractivity contribution is -0.143. The van der Waals surface area contributed by atoms with Crippen LogP contribution in [0.5, 0.6) is 0 Å². The Kier molecular flexibility index (Phi) is 3.16. The lowest BCUT2D eigenvalue weighted by Gasteiger charge is -2.42. The number of nitriles is 1. The molecule has 2 fully saturated rings. The Bertz CT molecular complexity index is 322. The maximum Gasteiger partial charge on any atom is 0.243 e. The summed E-state index contributed by atoms with van der Waals surface area (Å²) in [5.74, 6) is 0.0836. The fourth-order valence-electron chi connectivity index (χ4n) is 2.55. The summed E-state index contributed by atoms with van der Waals surface area (Å²) < 4.78 is 0. The summed E-state index contributed by atoms with van der Waals surface area (Å²) in [5.41, 5.74) is -0.665. The van der Waals surface area contributed by atoms with Crippen molar-refractivity contribution >= 4 is 17.7 Å². The molecule has 1 aliphatic carbocycles. The Morgan fingerprint density at radius 3 is 2.31 bits per heavy atom. The molecule has 0 spiro atoms. The normalized spacial score (nSPS) is 32.7. The summed E-state index contributed by atoms with van der Waals surface area (Å²) in [4.78, 5) is 14.2. The highest BCUT2D eigenvalue weighted by atomic mass is 32.2. The SMILES string of the molecule is CC1CN(C(=O)C2(C#N)CCC2)CC(C)S1. The molecule has 1 saturated carbocycles. The van der Waals surface area contributed by atoms with Crippen LogP contribution in [0.25, 0.3) is 0 Å². The molecular formula is C12H18N2OS. The number of nitrogens with zero attached hydrogens (tertiary/aromatic N) is 2. The molecule has 1 aliphatic heterocycles. The molecule has 3 nitrogen and oxygen atoms in total. The second-order valence-corrected chi connectivity index (χ2v) is 6.90. The van der Waals surface area contributed by atoms with E-state index < -0.39 is 5.41 Å². The Labute approximate surface area is 101 Å². The Hall–Kier alpha value is -0.690. The molecule has 0 aromatic carbocycles. The van der Waals surface area contributed by atoms with Crippen molar-refractivity contribution in [2.45, 2.75) is 43.6 Å². The Balaban J connectivity index is 2.07. The monoisotopic (exact) mass is 238 g/mol. The van der Waals surface area contributed by atoms with Crippen LogP contribution in [0, 0.1) is 16.7 Å². The van der Waals surface area contributed by atoms with Crippen LogP contribution in [0.15, 0.2) is 0 Å². The van der Waals surface area contributed by atoms with Crippen LogP contribution in [-0.4, -0.2) is 34.4 Å². The van der Waals surface area contributed by atoms with Crippen molar-refractivity contribution in [3.63, 3.8) is 0 Å². The molecule has 0 radical (unpaired) electrons. The van der Waals surface area contributed by atoms with Gasteiger partial charge in [-0.25, -0.2) is 0 Å². The van der Waals surface area contributed by atoms with Gasteiger partial charge in [0.15, 0.2) is 0 Å². The Morgan fingerprint density at radius 1 is 1.38 bits per heavy atom. The quantitative estimate of drug-likeness (QED) is 0.702. The summed E-state index contributed by atoms with van der Waals surface area (Å²) in [6.45, 7) is 5.91. The average Bonchev–Trinajstić information content (AvgIpc) is 2.15. The zero-order valence-electron chi connectivity index (χ0n) is 9.90. The molecule has 1 amide bonds. The zero-order chi connectivity index (χ0) is 11.8. The highest BCUT2D eigenvalue weighted by Gasteiger charge is 2.47.